The summed E-state index contributed by atoms with van der Waals surface area (Å²) in [6, 6.07) is 67.8. The van der Waals surface area contributed by atoms with Gasteiger partial charge in [-0.2, -0.15) is 0 Å². The lowest BCUT2D eigenvalue weighted by Crippen LogP contribution is -2.34. The average molecular weight is 641 g/mol. The minimum Gasteiger partial charge on any atom is -0.457 e. The van der Waals surface area contributed by atoms with Crippen molar-refractivity contribution in [3.63, 3.8) is 0 Å². The SMILES string of the molecule is c1ccc(-c2cccc(-c3cc(-c4cccc(C5(c6ccccc6)c6ccccc6Oc6ccccc65)c4)nc(-c4ccccc4)n3)c2)cc1. The molecule has 8 aromatic rings. The van der Waals surface area contributed by atoms with Crippen LogP contribution in [0.4, 0.5) is 0 Å². The van der Waals surface area contributed by atoms with Gasteiger partial charge in [0.15, 0.2) is 5.82 Å². The smallest absolute Gasteiger partial charge is 0.160 e. The highest BCUT2D eigenvalue weighted by Crippen LogP contribution is 2.55. The van der Waals surface area contributed by atoms with E-state index in [1.54, 1.807) is 0 Å². The molecule has 0 radical (unpaired) electrons. The lowest BCUT2D eigenvalue weighted by atomic mass is 9.63. The second-order valence-corrected chi connectivity index (χ2v) is 12.6. The third kappa shape index (κ3) is 5.08. The third-order valence-corrected chi connectivity index (χ3v) is 9.62. The van der Waals surface area contributed by atoms with Crippen molar-refractivity contribution in [3.05, 3.63) is 216 Å². The Morgan fingerprint density at radius 3 is 1.44 bits per heavy atom. The summed E-state index contributed by atoms with van der Waals surface area (Å²) in [6.45, 7) is 0. The van der Waals surface area contributed by atoms with Crippen molar-refractivity contribution in [3.8, 4) is 56.5 Å². The molecule has 0 N–H and O–H groups in total. The topological polar surface area (TPSA) is 35.0 Å². The number of benzene rings is 7. The number of hydrogen-bond acceptors (Lipinski definition) is 3. The molecule has 3 heteroatoms. The predicted molar refractivity (Wildman–Crippen MR) is 202 cm³/mol. The van der Waals surface area contributed by atoms with Gasteiger partial charge in [-0.25, -0.2) is 9.97 Å². The Bertz CT molecular complexity index is 2410. The number of nitrogens with zero attached hydrogens (tertiary/aromatic N) is 2. The molecule has 1 aliphatic heterocycles. The fraction of sp³-hybridized carbons (Fsp3) is 0.0213. The van der Waals surface area contributed by atoms with Crippen LogP contribution in [0.1, 0.15) is 22.3 Å². The maximum atomic E-state index is 6.54. The van der Waals surface area contributed by atoms with Gasteiger partial charge in [0.25, 0.3) is 0 Å². The van der Waals surface area contributed by atoms with Crippen LogP contribution < -0.4 is 4.74 Å². The van der Waals surface area contributed by atoms with Crippen molar-refractivity contribution in [1.29, 1.82) is 0 Å². The number of rotatable bonds is 6. The Labute approximate surface area is 292 Å². The van der Waals surface area contributed by atoms with Gasteiger partial charge in [-0.1, -0.05) is 164 Å². The third-order valence-electron chi connectivity index (χ3n) is 9.62. The zero-order valence-electron chi connectivity index (χ0n) is 27.3. The molecule has 1 aromatic heterocycles. The standard InChI is InChI=1S/C47H32N2O/c1-4-16-33(17-5-1)35-20-14-21-36(30-35)42-32-43(49-46(48-42)34-18-6-2-7-19-34)37-22-15-25-39(31-37)47(38-23-8-3-9-24-38)40-26-10-12-28-44(40)50-45-29-13-11-27-41(45)47/h1-32H. The first-order valence-corrected chi connectivity index (χ1v) is 16.9. The highest BCUT2D eigenvalue weighted by molar-refractivity contribution is 5.77. The summed E-state index contributed by atoms with van der Waals surface area (Å²) in [5.74, 6) is 2.40. The van der Waals surface area contributed by atoms with Gasteiger partial charge in [-0.15, -0.1) is 0 Å². The van der Waals surface area contributed by atoms with Gasteiger partial charge >= 0.3 is 0 Å². The molecule has 1 aliphatic rings. The van der Waals surface area contributed by atoms with Gasteiger partial charge in [-0.3, -0.25) is 0 Å². The number of hydrogen-bond donors (Lipinski definition) is 0. The maximum Gasteiger partial charge on any atom is 0.160 e. The van der Waals surface area contributed by atoms with E-state index in [1.807, 2.05) is 36.4 Å². The van der Waals surface area contributed by atoms with Crippen molar-refractivity contribution >= 4 is 0 Å². The van der Waals surface area contributed by atoms with E-state index in [0.717, 1.165) is 61.8 Å². The second kappa shape index (κ2) is 12.5. The highest BCUT2D eigenvalue weighted by atomic mass is 16.5. The Hall–Kier alpha value is -6.58. The van der Waals surface area contributed by atoms with Crippen LogP contribution in [0, 0.1) is 0 Å². The molecule has 0 unspecified atom stereocenters. The van der Waals surface area contributed by atoms with E-state index in [9.17, 15) is 0 Å². The van der Waals surface area contributed by atoms with Crippen molar-refractivity contribution in [1.82, 2.24) is 9.97 Å². The molecule has 0 spiro atoms. The molecule has 0 aliphatic carbocycles. The molecule has 7 aromatic carbocycles. The van der Waals surface area contributed by atoms with Crippen LogP contribution in [0.3, 0.4) is 0 Å². The minimum atomic E-state index is -0.620. The van der Waals surface area contributed by atoms with E-state index >= 15 is 0 Å². The van der Waals surface area contributed by atoms with E-state index in [4.69, 9.17) is 14.7 Å². The molecule has 0 amide bonds. The number of fused-ring (bicyclic) bond motifs is 2. The lowest BCUT2D eigenvalue weighted by molar-refractivity contribution is 0.434. The zero-order valence-corrected chi connectivity index (χ0v) is 27.3. The van der Waals surface area contributed by atoms with E-state index in [2.05, 4.69) is 158 Å². The maximum absolute atomic E-state index is 6.54. The fourth-order valence-electron chi connectivity index (χ4n) is 7.33. The summed E-state index contributed by atoms with van der Waals surface area (Å²) in [7, 11) is 0. The molecular weight excluding hydrogens is 609 g/mol. The summed E-state index contributed by atoms with van der Waals surface area (Å²) in [5.41, 5.74) is 11.0. The van der Waals surface area contributed by atoms with Crippen LogP contribution in [-0.4, -0.2) is 9.97 Å². The quantitative estimate of drug-likeness (QED) is 0.181. The van der Waals surface area contributed by atoms with E-state index in [1.165, 1.54) is 11.1 Å². The molecule has 0 fully saturated rings. The van der Waals surface area contributed by atoms with Crippen LogP contribution in [-0.2, 0) is 5.41 Å². The van der Waals surface area contributed by atoms with Gasteiger partial charge in [-0.05, 0) is 52.6 Å². The molecule has 0 atom stereocenters. The van der Waals surface area contributed by atoms with Gasteiger partial charge in [0.2, 0.25) is 0 Å². The molecule has 2 heterocycles. The molecule has 50 heavy (non-hydrogen) atoms. The van der Waals surface area contributed by atoms with Gasteiger partial charge < -0.3 is 4.74 Å². The fourth-order valence-corrected chi connectivity index (χ4v) is 7.33. The van der Waals surface area contributed by atoms with E-state index < -0.39 is 5.41 Å². The van der Waals surface area contributed by atoms with Crippen molar-refractivity contribution in [2.45, 2.75) is 5.41 Å². The van der Waals surface area contributed by atoms with Crippen LogP contribution in [0.5, 0.6) is 11.5 Å². The molecular formula is C47H32N2O. The second-order valence-electron chi connectivity index (χ2n) is 12.6. The molecule has 3 nitrogen and oxygen atoms in total. The van der Waals surface area contributed by atoms with Crippen LogP contribution in [0.25, 0.3) is 45.0 Å². The highest BCUT2D eigenvalue weighted by Gasteiger charge is 2.45. The first-order chi connectivity index (χ1) is 24.8. The predicted octanol–water partition coefficient (Wildman–Crippen LogP) is 11.6. The Morgan fingerprint density at radius 2 is 0.800 bits per heavy atom. The molecule has 0 bridgehead atoms. The number of ether oxygens (including phenoxy) is 1. The molecule has 0 saturated carbocycles. The van der Waals surface area contributed by atoms with Crippen LogP contribution in [0.15, 0.2) is 194 Å². The minimum absolute atomic E-state index is 0.620. The normalized spacial score (nSPS) is 12.7. The van der Waals surface area contributed by atoms with Crippen LogP contribution in [0.2, 0.25) is 0 Å². The average Bonchev–Trinajstić information content (AvgIpc) is 3.21. The first kappa shape index (κ1) is 29.6. The summed E-state index contributed by atoms with van der Waals surface area (Å²) in [6.07, 6.45) is 0. The zero-order chi connectivity index (χ0) is 33.3. The van der Waals surface area contributed by atoms with E-state index in [0.29, 0.717) is 5.82 Å². The number of aromatic nitrogens is 2. The van der Waals surface area contributed by atoms with Gasteiger partial charge in [0.05, 0.1) is 16.8 Å². The summed E-state index contributed by atoms with van der Waals surface area (Å²) in [4.78, 5) is 10.4. The Balaban J connectivity index is 1.27. The summed E-state index contributed by atoms with van der Waals surface area (Å²) < 4.78 is 6.54. The number of para-hydroxylation sites is 2. The lowest BCUT2D eigenvalue weighted by Gasteiger charge is -2.41. The van der Waals surface area contributed by atoms with Crippen molar-refractivity contribution in [2.24, 2.45) is 0 Å². The Morgan fingerprint density at radius 1 is 0.340 bits per heavy atom. The van der Waals surface area contributed by atoms with Crippen molar-refractivity contribution in [2.75, 3.05) is 0 Å². The van der Waals surface area contributed by atoms with Gasteiger partial charge in [0.1, 0.15) is 11.5 Å². The first-order valence-electron chi connectivity index (χ1n) is 16.9. The molecule has 236 valence electrons. The summed E-state index contributed by atoms with van der Waals surface area (Å²) in [5, 5.41) is 0. The Kier molecular flexibility index (Phi) is 7.37. The van der Waals surface area contributed by atoms with Gasteiger partial charge in [0, 0.05) is 27.8 Å². The molecule has 0 saturated heterocycles. The van der Waals surface area contributed by atoms with Crippen LogP contribution >= 0.6 is 0 Å². The molecule has 9 rings (SSSR count). The summed E-state index contributed by atoms with van der Waals surface area (Å²) >= 11 is 0. The van der Waals surface area contributed by atoms with E-state index in [-0.39, 0.29) is 0 Å². The monoisotopic (exact) mass is 640 g/mol. The largest absolute Gasteiger partial charge is 0.457 e. The van der Waals surface area contributed by atoms with Crippen molar-refractivity contribution < 1.29 is 4.74 Å².